The maximum absolute atomic E-state index is 11.5. The van der Waals surface area contributed by atoms with E-state index in [-0.39, 0.29) is 5.92 Å². The molecule has 0 aliphatic carbocycles. The fraction of sp³-hybridized carbons (Fsp3) is 0.467. The number of nitrogens with zero attached hydrogens (tertiary/aromatic N) is 1. The highest BCUT2D eigenvalue weighted by atomic mass is 16.5. The van der Waals surface area contributed by atoms with Crippen molar-refractivity contribution in [3.05, 3.63) is 29.3 Å². The van der Waals surface area contributed by atoms with Gasteiger partial charge >= 0.3 is 12.1 Å². The van der Waals surface area contributed by atoms with E-state index in [1.165, 1.54) is 19.1 Å². The lowest BCUT2D eigenvalue weighted by Gasteiger charge is -2.31. The van der Waals surface area contributed by atoms with Gasteiger partial charge in [-0.3, -0.25) is 0 Å². The highest BCUT2D eigenvalue weighted by Crippen LogP contribution is 2.34. The van der Waals surface area contributed by atoms with Crippen molar-refractivity contribution >= 4 is 12.1 Å². The first-order valence-electron chi connectivity index (χ1n) is 6.81. The predicted molar refractivity (Wildman–Crippen MR) is 75.9 cm³/mol. The summed E-state index contributed by atoms with van der Waals surface area (Å²) in [5.74, 6) is 0.252. The highest BCUT2D eigenvalue weighted by Gasteiger charge is 2.26. The summed E-state index contributed by atoms with van der Waals surface area (Å²) in [4.78, 5) is 24.1. The lowest BCUT2D eigenvalue weighted by molar-refractivity contribution is 0.0600. The Morgan fingerprint density at radius 2 is 2.10 bits per heavy atom. The molecule has 1 atom stereocenters. The smallest absolute Gasteiger partial charge is 0.407 e. The van der Waals surface area contributed by atoms with Gasteiger partial charge < -0.3 is 19.5 Å². The summed E-state index contributed by atoms with van der Waals surface area (Å²) in [6, 6.07) is 5.14. The average molecular weight is 293 g/mol. The summed E-state index contributed by atoms with van der Waals surface area (Å²) < 4.78 is 10.0. The van der Waals surface area contributed by atoms with Crippen LogP contribution < -0.4 is 4.74 Å². The third-order valence-corrected chi connectivity index (χ3v) is 3.79. The van der Waals surface area contributed by atoms with Crippen molar-refractivity contribution in [3.63, 3.8) is 0 Å². The van der Waals surface area contributed by atoms with Crippen molar-refractivity contribution in [1.82, 2.24) is 4.90 Å². The van der Waals surface area contributed by atoms with Gasteiger partial charge in [-0.05, 0) is 30.5 Å². The van der Waals surface area contributed by atoms with Gasteiger partial charge in [0.1, 0.15) is 5.75 Å². The van der Waals surface area contributed by atoms with E-state index in [9.17, 15) is 9.59 Å². The molecule has 1 aromatic carbocycles. The first kappa shape index (κ1) is 15.2. The summed E-state index contributed by atoms with van der Waals surface area (Å²) in [5.41, 5.74) is 1.35. The van der Waals surface area contributed by atoms with Gasteiger partial charge in [-0.2, -0.15) is 0 Å². The number of likely N-dealkylation sites (tertiary alicyclic amines) is 1. The van der Waals surface area contributed by atoms with Gasteiger partial charge in [-0.25, -0.2) is 9.59 Å². The van der Waals surface area contributed by atoms with Crippen LogP contribution in [0.4, 0.5) is 4.79 Å². The number of benzene rings is 1. The van der Waals surface area contributed by atoms with Gasteiger partial charge in [0.05, 0.1) is 19.8 Å². The van der Waals surface area contributed by atoms with Crippen LogP contribution in [0.1, 0.15) is 34.7 Å². The molecule has 0 aromatic heterocycles. The minimum Gasteiger partial charge on any atom is -0.496 e. The summed E-state index contributed by atoms with van der Waals surface area (Å²) in [6.07, 6.45) is 0.821. The number of hydrogen-bond acceptors (Lipinski definition) is 4. The predicted octanol–water partition coefficient (Wildman–Crippen LogP) is 2.34. The van der Waals surface area contributed by atoms with Crippen LogP contribution in [0, 0.1) is 0 Å². The molecule has 0 bridgehead atoms. The molecule has 6 nitrogen and oxygen atoms in total. The van der Waals surface area contributed by atoms with Gasteiger partial charge in [0.25, 0.3) is 0 Å². The Morgan fingerprint density at radius 3 is 2.71 bits per heavy atom. The molecule has 0 radical (unpaired) electrons. The molecule has 6 heteroatoms. The first-order chi connectivity index (χ1) is 10.1. The summed E-state index contributed by atoms with van der Waals surface area (Å²) in [5, 5.41) is 9.11. The zero-order chi connectivity index (χ0) is 15.4. The van der Waals surface area contributed by atoms with Gasteiger partial charge in [0.15, 0.2) is 0 Å². The van der Waals surface area contributed by atoms with Crippen molar-refractivity contribution < 1.29 is 24.2 Å². The Balaban J connectivity index is 2.26. The maximum atomic E-state index is 11.5. The molecule has 1 amide bonds. The van der Waals surface area contributed by atoms with E-state index in [1.54, 1.807) is 12.1 Å². The number of rotatable bonds is 3. The van der Waals surface area contributed by atoms with E-state index in [4.69, 9.17) is 9.84 Å². The second-order valence-electron chi connectivity index (χ2n) is 5.02. The number of ether oxygens (including phenoxy) is 2. The normalized spacial score (nSPS) is 18.2. The topological polar surface area (TPSA) is 76.1 Å². The van der Waals surface area contributed by atoms with Crippen LogP contribution in [0.25, 0.3) is 0 Å². The molecule has 1 aliphatic rings. The van der Waals surface area contributed by atoms with E-state index in [0.29, 0.717) is 24.4 Å². The summed E-state index contributed by atoms with van der Waals surface area (Å²) >= 11 is 0. The molecule has 1 unspecified atom stereocenters. The SMILES string of the molecule is COC(=O)c1ccc(C2CCCN(C(=O)O)C2)c(OC)c1. The third-order valence-electron chi connectivity index (χ3n) is 3.79. The van der Waals surface area contributed by atoms with Crippen LogP contribution in [0.15, 0.2) is 18.2 Å². The standard InChI is InChI=1S/C15H19NO5/c1-20-13-8-10(14(17)21-2)5-6-12(13)11-4-3-7-16(9-11)15(18)19/h5-6,8,11H,3-4,7,9H2,1-2H3,(H,18,19). The molecule has 1 heterocycles. The molecule has 1 N–H and O–H groups in total. The molecule has 114 valence electrons. The molecule has 2 rings (SSSR count). The molecule has 21 heavy (non-hydrogen) atoms. The van der Waals surface area contributed by atoms with E-state index >= 15 is 0 Å². The van der Waals surface area contributed by atoms with Crippen molar-refractivity contribution in [2.24, 2.45) is 0 Å². The monoisotopic (exact) mass is 293 g/mol. The minimum absolute atomic E-state index is 0.0801. The summed E-state index contributed by atoms with van der Waals surface area (Å²) in [6.45, 7) is 1.01. The fourth-order valence-electron chi connectivity index (χ4n) is 2.70. The Hall–Kier alpha value is -2.24. The first-order valence-corrected chi connectivity index (χ1v) is 6.81. The zero-order valence-electron chi connectivity index (χ0n) is 12.2. The van der Waals surface area contributed by atoms with Crippen LogP contribution in [0.3, 0.4) is 0 Å². The second-order valence-corrected chi connectivity index (χ2v) is 5.02. The largest absolute Gasteiger partial charge is 0.496 e. The second kappa shape index (κ2) is 6.47. The van der Waals surface area contributed by atoms with Crippen LogP contribution >= 0.6 is 0 Å². The third kappa shape index (κ3) is 3.26. The van der Waals surface area contributed by atoms with Crippen molar-refractivity contribution in [3.8, 4) is 5.75 Å². The van der Waals surface area contributed by atoms with Gasteiger partial charge in [-0.15, -0.1) is 0 Å². The Bertz CT molecular complexity index is 543. The number of carbonyl (C=O) groups is 2. The molecule has 1 aliphatic heterocycles. The number of hydrogen-bond donors (Lipinski definition) is 1. The van der Waals surface area contributed by atoms with E-state index in [1.807, 2.05) is 6.07 Å². The molecule has 1 fully saturated rings. The van der Waals surface area contributed by atoms with Gasteiger partial charge in [0, 0.05) is 19.0 Å². The van der Waals surface area contributed by atoms with Crippen molar-refractivity contribution in [1.29, 1.82) is 0 Å². The number of carboxylic acid groups (broad SMARTS) is 1. The lowest BCUT2D eigenvalue weighted by Crippen LogP contribution is -2.38. The Labute approximate surface area is 123 Å². The van der Waals surface area contributed by atoms with E-state index in [0.717, 1.165) is 18.4 Å². The maximum Gasteiger partial charge on any atom is 0.407 e. The molecular weight excluding hydrogens is 274 g/mol. The number of methoxy groups -OCH3 is 2. The zero-order valence-corrected chi connectivity index (χ0v) is 12.2. The fourth-order valence-corrected chi connectivity index (χ4v) is 2.70. The van der Waals surface area contributed by atoms with Crippen molar-refractivity contribution in [2.75, 3.05) is 27.3 Å². The number of carbonyl (C=O) groups excluding carboxylic acids is 1. The van der Waals surface area contributed by atoms with Crippen LogP contribution in [-0.4, -0.2) is 49.4 Å². The Kier molecular flexibility index (Phi) is 4.67. The highest BCUT2D eigenvalue weighted by molar-refractivity contribution is 5.90. The number of piperidine rings is 1. The molecule has 0 spiro atoms. The Morgan fingerprint density at radius 1 is 1.33 bits per heavy atom. The number of esters is 1. The minimum atomic E-state index is -0.898. The molecular formula is C15H19NO5. The van der Waals surface area contributed by atoms with Crippen LogP contribution in [-0.2, 0) is 4.74 Å². The van der Waals surface area contributed by atoms with Gasteiger partial charge in [-0.1, -0.05) is 6.07 Å². The molecule has 1 aromatic rings. The number of amides is 1. The molecule has 1 saturated heterocycles. The van der Waals surface area contributed by atoms with Crippen molar-refractivity contribution in [2.45, 2.75) is 18.8 Å². The quantitative estimate of drug-likeness (QED) is 0.866. The van der Waals surface area contributed by atoms with Gasteiger partial charge in [0.2, 0.25) is 0 Å². The van der Waals surface area contributed by atoms with Crippen LogP contribution in [0.5, 0.6) is 5.75 Å². The average Bonchev–Trinajstić information content (AvgIpc) is 2.53. The van der Waals surface area contributed by atoms with E-state index in [2.05, 4.69) is 4.74 Å². The summed E-state index contributed by atoms with van der Waals surface area (Å²) in [7, 11) is 2.87. The van der Waals surface area contributed by atoms with Crippen LogP contribution in [0.2, 0.25) is 0 Å². The lowest BCUT2D eigenvalue weighted by atomic mass is 9.89. The van der Waals surface area contributed by atoms with E-state index < -0.39 is 12.1 Å². The molecule has 0 saturated carbocycles.